The normalized spacial score (nSPS) is 11.0. The van der Waals surface area contributed by atoms with Crippen molar-refractivity contribution in [1.82, 2.24) is 4.98 Å². The molecule has 0 aliphatic heterocycles. The Morgan fingerprint density at radius 2 is 2.31 bits per heavy atom. The first-order chi connectivity index (χ1) is 6.24. The van der Waals surface area contributed by atoms with E-state index >= 15 is 0 Å². The van der Waals surface area contributed by atoms with Crippen LogP contribution in [0.3, 0.4) is 0 Å². The number of aromatic amines is 1. The molecule has 0 aliphatic rings. The fourth-order valence-corrected chi connectivity index (χ4v) is 1.89. The van der Waals surface area contributed by atoms with Gasteiger partial charge in [-0.2, -0.15) is 0 Å². The highest BCUT2D eigenvalue weighted by atomic mass is 35.5. The third kappa shape index (κ3) is 1.23. The van der Waals surface area contributed by atoms with Crippen LogP contribution in [0, 0.1) is 6.92 Å². The molecule has 0 radical (unpaired) electrons. The fraction of sp³-hybridized carbons (Fsp3) is 0.200. The molecule has 0 bridgehead atoms. The number of halogens is 1. The van der Waals surface area contributed by atoms with Gasteiger partial charge >= 0.3 is 0 Å². The van der Waals surface area contributed by atoms with Crippen LogP contribution in [-0.2, 0) is 6.54 Å². The number of nitrogens with two attached hydrogens (primary N) is 1. The molecule has 2 nitrogen and oxygen atoms in total. The molecule has 2 rings (SSSR count). The molecule has 0 amide bonds. The van der Waals surface area contributed by atoms with Gasteiger partial charge in [-0.25, -0.2) is 0 Å². The Hall–Kier alpha value is -0.990. The van der Waals surface area contributed by atoms with Gasteiger partial charge in [0.15, 0.2) is 0 Å². The second-order valence-electron chi connectivity index (χ2n) is 3.11. The number of aryl methyl sites for hydroxylation is 1. The van der Waals surface area contributed by atoms with Crippen LogP contribution in [0.15, 0.2) is 18.3 Å². The fourth-order valence-electron chi connectivity index (χ4n) is 1.60. The van der Waals surface area contributed by atoms with E-state index in [0.717, 1.165) is 21.5 Å². The van der Waals surface area contributed by atoms with Gasteiger partial charge in [0.25, 0.3) is 0 Å². The van der Waals surface area contributed by atoms with E-state index in [0.29, 0.717) is 6.54 Å². The predicted octanol–water partition coefficient (Wildman–Crippen LogP) is 2.59. The van der Waals surface area contributed by atoms with E-state index < -0.39 is 0 Å². The van der Waals surface area contributed by atoms with Crippen LogP contribution in [0.1, 0.15) is 11.1 Å². The Morgan fingerprint density at radius 3 is 3.00 bits per heavy atom. The predicted molar refractivity (Wildman–Crippen MR) is 55.9 cm³/mol. The van der Waals surface area contributed by atoms with E-state index in [-0.39, 0.29) is 0 Å². The minimum absolute atomic E-state index is 0.534. The van der Waals surface area contributed by atoms with Gasteiger partial charge in [-0.15, -0.1) is 0 Å². The van der Waals surface area contributed by atoms with E-state index in [4.69, 9.17) is 17.3 Å². The second-order valence-corrected chi connectivity index (χ2v) is 3.52. The summed E-state index contributed by atoms with van der Waals surface area (Å²) in [5.74, 6) is 0. The number of H-pyrrole nitrogens is 1. The lowest BCUT2D eigenvalue weighted by atomic mass is 10.0. The first-order valence-corrected chi connectivity index (χ1v) is 4.57. The monoisotopic (exact) mass is 194 g/mol. The summed E-state index contributed by atoms with van der Waals surface area (Å²) < 4.78 is 0. The number of benzene rings is 1. The van der Waals surface area contributed by atoms with Gasteiger partial charge in [0.2, 0.25) is 0 Å². The summed E-state index contributed by atoms with van der Waals surface area (Å²) in [4.78, 5) is 3.11. The molecule has 2 aromatic rings. The Bertz CT molecular complexity index is 445. The molecule has 1 heterocycles. The number of rotatable bonds is 1. The number of nitrogens with one attached hydrogen (secondary N) is 1. The minimum Gasteiger partial charge on any atom is -0.360 e. The summed E-state index contributed by atoms with van der Waals surface area (Å²) >= 11 is 6.07. The topological polar surface area (TPSA) is 41.8 Å². The van der Waals surface area contributed by atoms with Crippen molar-refractivity contribution in [3.05, 3.63) is 34.5 Å². The van der Waals surface area contributed by atoms with E-state index in [2.05, 4.69) is 11.9 Å². The molecule has 0 fully saturated rings. The quantitative estimate of drug-likeness (QED) is 0.720. The maximum Gasteiger partial charge on any atom is 0.0650 e. The first kappa shape index (κ1) is 8.60. The molecule has 3 N–H and O–H groups in total. The Balaban J connectivity index is 2.85. The summed E-state index contributed by atoms with van der Waals surface area (Å²) in [7, 11) is 0. The van der Waals surface area contributed by atoms with Gasteiger partial charge in [-0.05, 0) is 30.2 Å². The van der Waals surface area contributed by atoms with Gasteiger partial charge in [-0.1, -0.05) is 11.6 Å². The van der Waals surface area contributed by atoms with Gasteiger partial charge < -0.3 is 10.7 Å². The Labute approximate surface area is 81.7 Å². The van der Waals surface area contributed by atoms with E-state index in [1.807, 2.05) is 18.3 Å². The van der Waals surface area contributed by atoms with Crippen molar-refractivity contribution in [1.29, 1.82) is 0 Å². The van der Waals surface area contributed by atoms with Gasteiger partial charge in [0, 0.05) is 18.1 Å². The molecule has 1 aromatic carbocycles. The van der Waals surface area contributed by atoms with Crippen molar-refractivity contribution in [3.8, 4) is 0 Å². The first-order valence-electron chi connectivity index (χ1n) is 4.19. The van der Waals surface area contributed by atoms with Crippen LogP contribution in [0.5, 0.6) is 0 Å². The maximum absolute atomic E-state index is 6.07. The molecule has 0 atom stereocenters. The van der Waals surface area contributed by atoms with Gasteiger partial charge in [-0.3, -0.25) is 0 Å². The van der Waals surface area contributed by atoms with Gasteiger partial charge in [0.05, 0.1) is 10.5 Å². The molecule has 0 unspecified atom stereocenters. The summed E-state index contributed by atoms with van der Waals surface area (Å²) in [6.45, 7) is 2.60. The summed E-state index contributed by atoms with van der Waals surface area (Å²) in [6.07, 6.45) is 1.89. The average Bonchev–Trinajstić information content (AvgIpc) is 2.60. The van der Waals surface area contributed by atoms with E-state index in [1.165, 1.54) is 5.56 Å². The zero-order valence-electron chi connectivity index (χ0n) is 7.39. The van der Waals surface area contributed by atoms with E-state index in [1.54, 1.807) is 0 Å². The molecular formula is C10H11ClN2. The average molecular weight is 195 g/mol. The van der Waals surface area contributed by atoms with Crippen molar-refractivity contribution in [3.63, 3.8) is 0 Å². The highest BCUT2D eigenvalue weighted by Gasteiger charge is 2.06. The number of aromatic nitrogens is 1. The summed E-state index contributed by atoms with van der Waals surface area (Å²) in [5, 5.41) is 1.90. The molecule has 1 aromatic heterocycles. The van der Waals surface area contributed by atoms with Crippen LogP contribution >= 0.6 is 11.6 Å². The zero-order valence-corrected chi connectivity index (χ0v) is 8.15. The molecule has 3 heteroatoms. The van der Waals surface area contributed by atoms with Crippen LogP contribution in [0.4, 0.5) is 0 Å². The van der Waals surface area contributed by atoms with Crippen LogP contribution in [-0.4, -0.2) is 4.98 Å². The van der Waals surface area contributed by atoms with Crippen LogP contribution in [0.2, 0.25) is 5.02 Å². The smallest absolute Gasteiger partial charge is 0.0650 e. The third-order valence-corrected chi connectivity index (χ3v) is 2.69. The Morgan fingerprint density at radius 1 is 1.54 bits per heavy atom. The largest absolute Gasteiger partial charge is 0.360 e. The molecule has 0 saturated carbocycles. The van der Waals surface area contributed by atoms with Crippen molar-refractivity contribution in [2.75, 3.05) is 0 Å². The second kappa shape index (κ2) is 3.05. The highest BCUT2D eigenvalue weighted by molar-refractivity contribution is 6.35. The van der Waals surface area contributed by atoms with Crippen molar-refractivity contribution in [2.24, 2.45) is 5.73 Å². The number of hydrogen-bond acceptors (Lipinski definition) is 1. The number of hydrogen-bond donors (Lipinski definition) is 2. The molecule has 0 saturated heterocycles. The third-order valence-electron chi connectivity index (χ3n) is 2.39. The highest BCUT2D eigenvalue weighted by Crippen LogP contribution is 2.27. The van der Waals surface area contributed by atoms with Crippen molar-refractivity contribution < 1.29 is 0 Å². The lowest BCUT2D eigenvalue weighted by molar-refractivity contribution is 1.06. The summed E-state index contributed by atoms with van der Waals surface area (Å²) in [5.41, 5.74) is 8.93. The number of fused-ring (bicyclic) bond motifs is 1. The SMILES string of the molecule is Cc1c(CN)cc(Cl)c2[nH]ccc12. The lowest BCUT2D eigenvalue weighted by Crippen LogP contribution is -1.99. The molecule has 68 valence electrons. The van der Waals surface area contributed by atoms with E-state index in [9.17, 15) is 0 Å². The van der Waals surface area contributed by atoms with Crippen LogP contribution < -0.4 is 5.73 Å². The minimum atomic E-state index is 0.534. The maximum atomic E-state index is 6.07. The molecule has 0 spiro atoms. The van der Waals surface area contributed by atoms with Crippen molar-refractivity contribution in [2.45, 2.75) is 13.5 Å². The zero-order chi connectivity index (χ0) is 9.42. The van der Waals surface area contributed by atoms with Crippen molar-refractivity contribution >= 4 is 22.5 Å². The van der Waals surface area contributed by atoms with Gasteiger partial charge in [0.1, 0.15) is 0 Å². The lowest BCUT2D eigenvalue weighted by Gasteiger charge is -2.05. The molecule has 0 aliphatic carbocycles. The molecule has 13 heavy (non-hydrogen) atoms. The Kier molecular flexibility index (Phi) is 2.02. The summed E-state index contributed by atoms with van der Waals surface area (Å²) in [6, 6.07) is 3.95. The van der Waals surface area contributed by atoms with Crippen LogP contribution in [0.25, 0.3) is 10.9 Å². The molecular weight excluding hydrogens is 184 g/mol. The standard InChI is InChI=1S/C10H11ClN2/c1-6-7(5-12)4-9(11)10-8(6)2-3-13-10/h2-4,13H,5,12H2,1H3.